The molecule has 0 amide bonds. The Labute approximate surface area is 117 Å². The fraction of sp³-hybridized carbons (Fsp3) is 0.500. The molecule has 2 heterocycles. The SMILES string of the molecule is O=Cc1ccc(N2CCN3CCCC3C2)c([N+](=O)[O-])c1. The zero-order valence-electron chi connectivity index (χ0n) is 11.2. The Kier molecular flexibility index (Phi) is 3.40. The first-order valence-corrected chi connectivity index (χ1v) is 6.91. The van der Waals surface area contributed by atoms with Gasteiger partial charge in [0.1, 0.15) is 12.0 Å². The van der Waals surface area contributed by atoms with Gasteiger partial charge in [-0.15, -0.1) is 0 Å². The van der Waals surface area contributed by atoms with E-state index in [0.717, 1.165) is 32.6 Å². The van der Waals surface area contributed by atoms with Crippen LogP contribution >= 0.6 is 0 Å². The highest BCUT2D eigenvalue weighted by Crippen LogP contribution is 2.32. The topological polar surface area (TPSA) is 66.7 Å². The summed E-state index contributed by atoms with van der Waals surface area (Å²) in [5.41, 5.74) is 1.01. The van der Waals surface area contributed by atoms with Crippen LogP contribution in [-0.4, -0.2) is 48.3 Å². The van der Waals surface area contributed by atoms with E-state index in [9.17, 15) is 14.9 Å². The lowest BCUT2D eigenvalue weighted by Gasteiger charge is -2.38. The fourth-order valence-corrected chi connectivity index (χ4v) is 3.24. The smallest absolute Gasteiger partial charge is 0.293 e. The highest BCUT2D eigenvalue weighted by Gasteiger charge is 2.32. The number of piperazine rings is 1. The average molecular weight is 275 g/mol. The molecule has 2 aliphatic heterocycles. The van der Waals surface area contributed by atoms with Crippen molar-refractivity contribution in [3.63, 3.8) is 0 Å². The lowest BCUT2D eigenvalue weighted by molar-refractivity contribution is -0.384. The van der Waals surface area contributed by atoms with Crippen molar-refractivity contribution in [3.8, 4) is 0 Å². The molecule has 1 atom stereocenters. The maximum atomic E-state index is 11.2. The van der Waals surface area contributed by atoms with Crippen molar-refractivity contribution in [1.29, 1.82) is 0 Å². The molecular weight excluding hydrogens is 258 g/mol. The summed E-state index contributed by atoms with van der Waals surface area (Å²) in [6.45, 7) is 3.74. The second-order valence-corrected chi connectivity index (χ2v) is 5.40. The number of carbonyl (C=O) groups excluding carboxylic acids is 1. The molecule has 106 valence electrons. The van der Waals surface area contributed by atoms with Crippen molar-refractivity contribution in [1.82, 2.24) is 4.90 Å². The molecule has 0 saturated carbocycles. The van der Waals surface area contributed by atoms with Gasteiger partial charge >= 0.3 is 0 Å². The maximum absolute atomic E-state index is 11.2. The molecule has 2 saturated heterocycles. The van der Waals surface area contributed by atoms with Crippen LogP contribution in [0.25, 0.3) is 0 Å². The van der Waals surface area contributed by atoms with Crippen LogP contribution in [0.3, 0.4) is 0 Å². The summed E-state index contributed by atoms with van der Waals surface area (Å²) in [5.74, 6) is 0. The number of anilines is 1. The van der Waals surface area contributed by atoms with Crippen LogP contribution in [0.1, 0.15) is 23.2 Å². The van der Waals surface area contributed by atoms with Crippen LogP contribution in [-0.2, 0) is 0 Å². The van der Waals surface area contributed by atoms with E-state index in [1.807, 2.05) is 0 Å². The van der Waals surface area contributed by atoms with E-state index in [4.69, 9.17) is 0 Å². The van der Waals surface area contributed by atoms with Gasteiger partial charge in [-0.25, -0.2) is 0 Å². The van der Waals surface area contributed by atoms with E-state index in [2.05, 4.69) is 9.80 Å². The average Bonchev–Trinajstić information content (AvgIpc) is 2.93. The van der Waals surface area contributed by atoms with Gasteiger partial charge in [0.05, 0.1) is 4.92 Å². The largest absolute Gasteiger partial charge is 0.363 e. The minimum Gasteiger partial charge on any atom is -0.363 e. The molecule has 6 heteroatoms. The van der Waals surface area contributed by atoms with Crippen LogP contribution < -0.4 is 4.90 Å². The highest BCUT2D eigenvalue weighted by atomic mass is 16.6. The van der Waals surface area contributed by atoms with Gasteiger partial charge in [-0.2, -0.15) is 0 Å². The van der Waals surface area contributed by atoms with Crippen molar-refractivity contribution >= 4 is 17.7 Å². The molecule has 0 aliphatic carbocycles. The molecule has 0 spiro atoms. The molecule has 0 radical (unpaired) electrons. The summed E-state index contributed by atoms with van der Waals surface area (Å²) in [5, 5.41) is 11.2. The van der Waals surface area contributed by atoms with Gasteiger partial charge in [0, 0.05) is 37.3 Å². The van der Waals surface area contributed by atoms with Crippen molar-refractivity contribution in [2.75, 3.05) is 31.1 Å². The lowest BCUT2D eigenvalue weighted by Crippen LogP contribution is -2.50. The number of hydrogen-bond acceptors (Lipinski definition) is 5. The number of fused-ring (bicyclic) bond motifs is 1. The summed E-state index contributed by atoms with van der Waals surface area (Å²) >= 11 is 0. The number of rotatable bonds is 3. The van der Waals surface area contributed by atoms with E-state index < -0.39 is 4.92 Å². The predicted octanol–water partition coefficient (Wildman–Crippen LogP) is 1.69. The summed E-state index contributed by atoms with van der Waals surface area (Å²) in [7, 11) is 0. The van der Waals surface area contributed by atoms with E-state index in [1.165, 1.54) is 12.5 Å². The minimum atomic E-state index is -0.399. The van der Waals surface area contributed by atoms with Gasteiger partial charge in [-0.05, 0) is 31.5 Å². The van der Waals surface area contributed by atoms with E-state index >= 15 is 0 Å². The number of hydrogen-bond donors (Lipinski definition) is 0. The van der Waals surface area contributed by atoms with Gasteiger partial charge in [0.2, 0.25) is 0 Å². The normalized spacial score (nSPS) is 22.6. The molecule has 1 aromatic carbocycles. The molecule has 20 heavy (non-hydrogen) atoms. The monoisotopic (exact) mass is 275 g/mol. The summed E-state index contributed by atoms with van der Waals surface area (Å²) < 4.78 is 0. The second-order valence-electron chi connectivity index (χ2n) is 5.40. The first-order valence-electron chi connectivity index (χ1n) is 6.91. The van der Waals surface area contributed by atoms with Crippen LogP contribution in [0, 0.1) is 10.1 Å². The van der Waals surface area contributed by atoms with Crippen molar-refractivity contribution in [2.24, 2.45) is 0 Å². The zero-order valence-corrected chi connectivity index (χ0v) is 11.2. The van der Waals surface area contributed by atoms with Gasteiger partial charge in [0.25, 0.3) is 5.69 Å². The van der Waals surface area contributed by atoms with Gasteiger partial charge in [0.15, 0.2) is 0 Å². The second kappa shape index (κ2) is 5.20. The fourth-order valence-electron chi connectivity index (χ4n) is 3.24. The number of aldehydes is 1. The maximum Gasteiger partial charge on any atom is 0.293 e. The van der Waals surface area contributed by atoms with Crippen molar-refractivity contribution in [3.05, 3.63) is 33.9 Å². The predicted molar refractivity (Wildman–Crippen MR) is 75.3 cm³/mol. The zero-order chi connectivity index (χ0) is 14.1. The first kappa shape index (κ1) is 13.1. The third-order valence-electron chi connectivity index (χ3n) is 4.26. The number of carbonyl (C=O) groups is 1. The molecule has 2 aliphatic rings. The van der Waals surface area contributed by atoms with Crippen molar-refractivity contribution in [2.45, 2.75) is 18.9 Å². The molecule has 1 aromatic rings. The molecule has 0 N–H and O–H groups in total. The Morgan fingerprint density at radius 1 is 1.30 bits per heavy atom. The Morgan fingerprint density at radius 3 is 2.90 bits per heavy atom. The minimum absolute atomic E-state index is 0.0287. The van der Waals surface area contributed by atoms with Crippen LogP contribution in [0.15, 0.2) is 18.2 Å². The third-order valence-corrected chi connectivity index (χ3v) is 4.26. The molecular formula is C14H17N3O3. The highest BCUT2D eigenvalue weighted by molar-refractivity contribution is 5.79. The van der Waals surface area contributed by atoms with Gasteiger partial charge in [-0.3, -0.25) is 19.8 Å². The summed E-state index contributed by atoms with van der Waals surface area (Å²) in [6, 6.07) is 5.22. The van der Waals surface area contributed by atoms with Gasteiger partial charge < -0.3 is 4.90 Å². The molecule has 6 nitrogen and oxygen atoms in total. The number of nitro benzene ring substituents is 1. The molecule has 3 rings (SSSR count). The van der Waals surface area contributed by atoms with Crippen LogP contribution in [0.2, 0.25) is 0 Å². The summed E-state index contributed by atoms with van der Waals surface area (Å²) in [6.07, 6.45) is 3.02. The van der Waals surface area contributed by atoms with Gasteiger partial charge in [-0.1, -0.05) is 0 Å². The van der Waals surface area contributed by atoms with E-state index in [-0.39, 0.29) is 5.69 Å². The molecule has 1 unspecified atom stereocenters. The Morgan fingerprint density at radius 2 is 2.15 bits per heavy atom. The number of nitro groups is 1. The van der Waals surface area contributed by atoms with E-state index in [1.54, 1.807) is 12.1 Å². The Balaban J connectivity index is 1.89. The lowest BCUT2D eigenvalue weighted by atomic mass is 10.1. The van der Waals surface area contributed by atoms with Crippen LogP contribution in [0.4, 0.5) is 11.4 Å². The number of nitrogens with zero attached hydrogens (tertiary/aromatic N) is 3. The summed E-state index contributed by atoms with van der Waals surface area (Å²) in [4.78, 5) is 26.1. The standard InChI is InChI=1S/C14H17N3O3/c18-10-11-3-4-13(14(8-11)17(19)20)16-7-6-15-5-1-2-12(15)9-16/h3-4,8,10,12H,1-2,5-7,9H2. The first-order chi connectivity index (χ1) is 9.69. The molecule has 2 fully saturated rings. The third kappa shape index (κ3) is 2.27. The quantitative estimate of drug-likeness (QED) is 0.477. The Hall–Kier alpha value is -1.95. The molecule has 0 bridgehead atoms. The van der Waals surface area contributed by atoms with Crippen LogP contribution in [0.5, 0.6) is 0 Å². The van der Waals surface area contributed by atoms with Crippen molar-refractivity contribution < 1.29 is 9.72 Å². The number of benzene rings is 1. The molecule has 0 aromatic heterocycles. The Bertz CT molecular complexity index is 546. The van der Waals surface area contributed by atoms with E-state index in [0.29, 0.717) is 23.6 Å².